The van der Waals surface area contributed by atoms with E-state index in [4.69, 9.17) is 30.5 Å². The molecular weight excluding hydrogens is 322 g/mol. The molecule has 5 atom stereocenters. The van der Waals surface area contributed by atoms with Gasteiger partial charge in [0, 0.05) is 20.8 Å². The smallest absolute Gasteiger partial charge is 0.303 e. The van der Waals surface area contributed by atoms with Crippen LogP contribution >= 0.6 is 11.6 Å². The summed E-state index contributed by atoms with van der Waals surface area (Å²) in [5.74, 6) is -2.00. The van der Waals surface area contributed by atoms with Crippen LogP contribution in [0.2, 0.25) is 0 Å². The summed E-state index contributed by atoms with van der Waals surface area (Å²) in [5.41, 5.74) is -1.23. The van der Waals surface area contributed by atoms with Crippen LogP contribution in [-0.2, 0) is 33.3 Å². The monoisotopic (exact) mass is 337 g/mol. The zero-order valence-electron chi connectivity index (χ0n) is 12.2. The molecule has 10 heteroatoms. The number of nitrogens with zero attached hydrogens (tertiary/aromatic N) is 1. The second-order valence-corrected chi connectivity index (χ2v) is 5.00. The minimum absolute atomic E-state index is 0.292. The maximum Gasteiger partial charge on any atom is 0.303 e. The van der Waals surface area contributed by atoms with Gasteiger partial charge in [-0.15, -0.1) is 0 Å². The van der Waals surface area contributed by atoms with Crippen LogP contribution in [-0.4, -0.2) is 54.4 Å². The Balaban J connectivity index is 3.04. The summed E-state index contributed by atoms with van der Waals surface area (Å²) in [7, 11) is 0. The Morgan fingerprint density at radius 2 is 1.59 bits per heavy atom. The number of hydrogen-bond donors (Lipinski definition) is 0. The predicted molar refractivity (Wildman–Crippen MR) is 71.8 cm³/mol. The summed E-state index contributed by atoms with van der Waals surface area (Å²) < 4.78 is 20.1. The van der Waals surface area contributed by atoms with Crippen LogP contribution in [0.5, 0.6) is 0 Å². The van der Waals surface area contributed by atoms with Gasteiger partial charge in [0.2, 0.25) is 0 Å². The first kappa shape index (κ1) is 18.3. The van der Waals surface area contributed by atoms with Crippen molar-refractivity contribution in [1.29, 1.82) is 0 Å². The van der Waals surface area contributed by atoms with Gasteiger partial charge in [0.05, 0.1) is 0 Å². The molecule has 0 bridgehead atoms. The SMILES string of the molecule is CC(=O)OC[C@@H]1O[C@H](Cl)[C@H](N=O)[C@H](OC(C)=O)[C@H]1OC(C)=O. The second kappa shape index (κ2) is 8.04. The third-order valence-electron chi connectivity index (χ3n) is 2.78. The zero-order chi connectivity index (χ0) is 16.9. The largest absolute Gasteiger partial charge is 0.463 e. The van der Waals surface area contributed by atoms with E-state index in [-0.39, 0.29) is 6.61 Å². The molecule has 1 rings (SSSR count). The number of esters is 3. The highest BCUT2D eigenvalue weighted by atomic mass is 35.5. The van der Waals surface area contributed by atoms with Crippen LogP contribution in [0.1, 0.15) is 20.8 Å². The number of carbonyl (C=O) groups excluding carboxylic acids is 3. The van der Waals surface area contributed by atoms with E-state index in [9.17, 15) is 19.3 Å². The average Bonchev–Trinajstić information content (AvgIpc) is 2.39. The Bertz CT molecular complexity index is 456. The number of carbonyl (C=O) groups is 3. The fourth-order valence-electron chi connectivity index (χ4n) is 1.98. The summed E-state index contributed by atoms with van der Waals surface area (Å²) in [4.78, 5) is 44.3. The summed E-state index contributed by atoms with van der Waals surface area (Å²) in [6, 6.07) is -1.27. The van der Waals surface area contributed by atoms with Crippen LogP contribution in [0, 0.1) is 4.91 Å². The summed E-state index contributed by atoms with van der Waals surface area (Å²) in [5, 5.41) is 2.77. The van der Waals surface area contributed by atoms with E-state index in [1.807, 2.05) is 0 Å². The van der Waals surface area contributed by atoms with Crippen molar-refractivity contribution >= 4 is 29.5 Å². The van der Waals surface area contributed by atoms with Gasteiger partial charge in [0.25, 0.3) is 0 Å². The van der Waals surface area contributed by atoms with E-state index in [1.54, 1.807) is 0 Å². The van der Waals surface area contributed by atoms with Gasteiger partial charge in [-0.1, -0.05) is 16.8 Å². The lowest BCUT2D eigenvalue weighted by Crippen LogP contribution is -2.59. The number of ether oxygens (including phenoxy) is 4. The molecule has 0 radical (unpaired) electrons. The number of alkyl halides is 1. The third-order valence-corrected chi connectivity index (χ3v) is 3.14. The topological polar surface area (TPSA) is 118 Å². The van der Waals surface area contributed by atoms with Crippen LogP contribution < -0.4 is 0 Å². The first-order valence-corrected chi connectivity index (χ1v) is 6.79. The maximum absolute atomic E-state index is 11.2. The molecule has 0 aromatic rings. The Hall–Kier alpha value is -1.74. The van der Waals surface area contributed by atoms with E-state index in [2.05, 4.69) is 5.18 Å². The van der Waals surface area contributed by atoms with Crippen molar-refractivity contribution in [3.8, 4) is 0 Å². The molecule has 0 saturated carbocycles. The number of hydrogen-bond acceptors (Lipinski definition) is 9. The molecule has 0 spiro atoms. The van der Waals surface area contributed by atoms with E-state index in [1.165, 1.54) is 6.92 Å². The van der Waals surface area contributed by atoms with Crippen molar-refractivity contribution in [2.45, 2.75) is 50.7 Å². The Kier molecular flexibility index (Phi) is 6.69. The molecule has 22 heavy (non-hydrogen) atoms. The number of nitroso groups, excluding NO2 is 1. The molecule has 1 saturated heterocycles. The minimum atomic E-state index is -1.27. The Morgan fingerprint density at radius 3 is 2.05 bits per heavy atom. The van der Waals surface area contributed by atoms with Crippen LogP contribution in [0.15, 0.2) is 5.18 Å². The minimum Gasteiger partial charge on any atom is -0.463 e. The fourth-order valence-corrected chi connectivity index (χ4v) is 2.31. The fraction of sp³-hybridized carbons (Fsp3) is 0.750. The van der Waals surface area contributed by atoms with Gasteiger partial charge < -0.3 is 18.9 Å². The molecule has 1 fully saturated rings. The van der Waals surface area contributed by atoms with E-state index in [0.29, 0.717) is 0 Å². The quantitative estimate of drug-likeness (QED) is 0.308. The first-order chi connectivity index (χ1) is 10.3. The molecule has 0 aromatic carbocycles. The van der Waals surface area contributed by atoms with Crippen LogP contribution in [0.25, 0.3) is 0 Å². The predicted octanol–water partition coefficient (Wildman–Crippen LogP) is 0.512. The van der Waals surface area contributed by atoms with Crippen molar-refractivity contribution < 1.29 is 33.3 Å². The maximum atomic E-state index is 11.2. The average molecular weight is 338 g/mol. The molecule has 124 valence electrons. The van der Waals surface area contributed by atoms with Gasteiger partial charge in [-0.2, -0.15) is 4.91 Å². The molecule has 9 nitrogen and oxygen atoms in total. The lowest BCUT2D eigenvalue weighted by atomic mass is 9.98. The second-order valence-electron chi connectivity index (χ2n) is 4.57. The molecule has 0 unspecified atom stereocenters. The van der Waals surface area contributed by atoms with Crippen molar-refractivity contribution in [3.63, 3.8) is 0 Å². The van der Waals surface area contributed by atoms with Crippen LogP contribution in [0.3, 0.4) is 0 Å². The highest BCUT2D eigenvalue weighted by Gasteiger charge is 2.50. The summed E-state index contributed by atoms with van der Waals surface area (Å²) in [6.07, 6.45) is -3.42. The van der Waals surface area contributed by atoms with Gasteiger partial charge in [0.15, 0.2) is 23.8 Å². The van der Waals surface area contributed by atoms with Gasteiger partial charge in [-0.3, -0.25) is 14.4 Å². The first-order valence-electron chi connectivity index (χ1n) is 6.36. The Labute approximate surface area is 131 Å². The molecule has 1 aliphatic heterocycles. The highest BCUT2D eigenvalue weighted by Crippen LogP contribution is 2.30. The number of halogens is 1. The summed E-state index contributed by atoms with van der Waals surface area (Å²) >= 11 is 5.88. The zero-order valence-corrected chi connectivity index (χ0v) is 12.9. The van der Waals surface area contributed by atoms with Crippen LogP contribution in [0.4, 0.5) is 0 Å². The molecule has 0 aliphatic carbocycles. The van der Waals surface area contributed by atoms with E-state index in [0.717, 1.165) is 13.8 Å². The van der Waals surface area contributed by atoms with Gasteiger partial charge in [0.1, 0.15) is 12.7 Å². The molecular formula is C12H16ClNO8. The van der Waals surface area contributed by atoms with E-state index < -0.39 is 47.8 Å². The highest BCUT2D eigenvalue weighted by molar-refractivity contribution is 6.20. The summed E-state index contributed by atoms with van der Waals surface area (Å²) in [6.45, 7) is 3.14. The van der Waals surface area contributed by atoms with Crippen molar-refractivity contribution in [2.24, 2.45) is 5.18 Å². The molecule has 1 aliphatic rings. The van der Waals surface area contributed by atoms with E-state index >= 15 is 0 Å². The molecule has 0 aromatic heterocycles. The van der Waals surface area contributed by atoms with Gasteiger partial charge in [-0.25, -0.2) is 0 Å². The molecule has 1 heterocycles. The Morgan fingerprint density at radius 1 is 1.05 bits per heavy atom. The van der Waals surface area contributed by atoms with Gasteiger partial charge >= 0.3 is 17.9 Å². The van der Waals surface area contributed by atoms with Crippen molar-refractivity contribution in [2.75, 3.05) is 6.61 Å². The molecule has 0 N–H and O–H groups in total. The van der Waals surface area contributed by atoms with Gasteiger partial charge in [-0.05, 0) is 0 Å². The lowest BCUT2D eigenvalue weighted by molar-refractivity contribution is -0.209. The third kappa shape index (κ3) is 4.92. The normalized spacial score (nSPS) is 31.0. The number of rotatable bonds is 5. The lowest BCUT2D eigenvalue weighted by Gasteiger charge is -2.40. The van der Waals surface area contributed by atoms with Crippen molar-refractivity contribution in [1.82, 2.24) is 0 Å². The standard InChI is InChI=1S/C12H16ClNO8/c1-5(15)19-4-8-10(20-6(2)16)11(21-7(3)17)9(14-18)12(13)22-8/h8-12H,4H2,1-3H3/t8-,9+,10-,11-,12-/m0/s1. The molecule has 0 amide bonds. The van der Waals surface area contributed by atoms with Crippen molar-refractivity contribution in [3.05, 3.63) is 4.91 Å².